The van der Waals surface area contributed by atoms with Crippen molar-refractivity contribution in [1.29, 1.82) is 0 Å². The molecule has 2 atom stereocenters. The lowest BCUT2D eigenvalue weighted by atomic mass is 9.78. The molecular formula is C15H26N2O4. The van der Waals surface area contributed by atoms with Crippen LogP contribution in [0.1, 0.15) is 46.5 Å². The average Bonchev–Trinajstić information content (AvgIpc) is 2.43. The molecule has 0 bridgehead atoms. The zero-order chi connectivity index (χ0) is 16.0. The zero-order valence-corrected chi connectivity index (χ0v) is 13.1. The van der Waals surface area contributed by atoms with Crippen LogP contribution in [-0.2, 0) is 14.4 Å². The summed E-state index contributed by atoms with van der Waals surface area (Å²) in [4.78, 5) is 37.1. The first-order chi connectivity index (χ1) is 9.86. The minimum Gasteiger partial charge on any atom is -0.481 e. The maximum absolute atomic E-state index is 12.5. The average molecular weight is 298 g/mol. The molecule has 0 saturated heterocycles. The predicted molar refractivity (Wildman–Crippen MR) is 78.6 cm³/mol. The number of carboxylic acids is 1. The fraction of sp³-hybridized carbons (Fsp3) is 0.800. The molecule has 1 aliphatic rings. The van der Waals surface area contributed by atoms with Crippen LogP contribution in [0.25, 0.3) is 0 Å². The van der Waals surface area contributed by atoms with E-state index in [1.807, 2.05) is 13.8 Å². The molecule has 1 saturated carbocycles. The Morgan fingerprint density at radius 3 is 2.24 bits per heavy atom. The van der Waals surface area contributed by atoms with Crippen LogP contribution in [0.4, 0.5) is 0 Å². The lowest BCUT2D eigenvalue weighted by molar-refractivity contribution is -0.152. The van der Waals surface area contributed by atoms with Gasteiger partial charge >= 0.3 is 5.97 Å². The van der Waals surface area contributed by atoms with Gasteiger partial charge in [-0.1, -0.05) is 12.8 Å². The van der Waals surface area contributed by atoms with Gasteiger partial charge in [-0.15, -0.1) is 0 Å². The summed E-state index contributed by atoms with van der Waals surface area (Å²) in [5, 5.41) is 12.0. The number of nitrogens with zero attached hydrogens (tertiary/aromatic N) is 1. The Balaban J connectivity index is 2.72. The smallest absolute Gasteiger partial charge is 0.307 e. The van der Waals surface area contributed by atoms with Gasteiger partial charge in [-0.25, -0.2) is 0 Å². The van der Waals surface area contributed by atoms with E-state index in [-0.39, 0.29) is 24.4 Å². The van der Waals surface area contributed by atoms with Crippen molar-refractivity contribution in [3.63, 3.8) is 0 Å². The Hall–Kier alpha value is -1.59. The van der Waals surface area contributed by atoms with Gasteiger partial charge < -0.3 is 15.3 Å². The molecule has 2 unspecified atom stereocenters. The zero-order valence-electron chi connectivity index (χ0n) is 13.1. The Labute approximate surface area is 125 Å². The summed E-state index contributed by atoms with van der Waals surface area (Å²) in [6, 6.07) is 0.0211. The van der Waals surface area contributed by atoms with Crippen molar-refractivity contribution >= 4 is 17.8 Å². The molecule has 2 amide bonds. The molecule has 6 heteroatoms. The topological polar surface area (TPSA) is 86.7 Å². The standard InChI is InChI=1S/C15H26N2O4/c1-4-17(9-13(18)16-10(2)3)14(19)11-7-5-6-8-12(11)15(20)21/h10-12H,4-9H2,1-3H3,(H,16,18)(H,20,21). The third-order valence-corrected chi connectivity index (χ3v) is 3.88. The number of nitrogens with one attached hydrogen (secondary N) is 1. The lowest BCUT2D eigenvalue weighted by Gasteiger charge is -2.32. The molecule has 2 N–H and O–H groups in total. The molecule has 6 nitrogen and oxygen atoms in total. The van der Waals surface area contributed by atoms with Gasteiger partial charge in [0.05, 0.1) is 18.4 Å². The summed E-state index contributed by atoms with van der Waals surface area (Å²) >= 11 is 0. The quantitative estimate of drug-likeness (QED) is 0.772. The molecule has 1 rings (SSSR count). The van der Waals surface area contributed by atoms with Gasteiger partial charge in [0.15, 0.2) is 0 Å². The minimum absolute atomic E-state index is 0.00362. The number of carbonyl (C=O) groups excluding carboxylic acids is 2. The molecule has 0 heterocycles. The van der Waals surface area contributed by atoms with Gasteiger partial charge in [0.1, 0.15) is 0 Å². The van der Waals surface area contributed by atoms with E-state index in [1.165, 1.54) is 4.90 Å². The highest BCUT2D eigenvalue weighted by Crippen LogP contribution is 2.31. The van der Waals surface area contributed by atoms with E-state index in [0.29, 0.717) is 19.4 Å². The maximum atomic E-state index is 12.5. The Kier molecular flexibility index (Phi) is 6.65. The third kappa shape index (κ3) is 5.02. The van der Waals surface area contributed by atoms with E-state index in [9.17, 15) is 19.5 Å². The van der Waals surface area contributed by atoms with E-state index in [4.69, 9.17) is 0 Å². The van der Waals surface area contributed by atoms with Crippen molar-refractivity contribution in [2.24, 2.45) is 11.8 Å². The normalized spacial score (nSPS) is 21.9. The van der Waals surface area contributed by atoms with E-state index >= 15 is 0 Å². The number of likely N-dealkylation sites (N-methyl/N-ethyl adjacent to an activating group) is 1. The van der Waals surface area contributed by atoms with Crippen LogP contribution in [0.3, 0.4) is 0 Å². The number of hydrogen-bond donors (Lipinski definition) is 2. The van der Waals surface area contributed by atoms with Crippen molar-refractivity contribution in [1.82, 2.24) is 10.2 Å². The highest BCUT2D eigenvalue weighted by atomic mass is 16.4. The van der Waals surface area contributed by atoms with Crippen LogP contribution >= 0.6 is 0 Å². The monoisotopic (exact) mass is 298 g/mol. The second kappa shape index (κ2) is 8.00. The number of aliphatic carboxylic acids is 1. The summed E-state index contributed by atoms with van der Waals surface area (Å²) in [5.74, 6) is -2.43. The van der Waals surface area contributed by atoms with Crippen LogP contribution in [0, 0.1) is 11.8 Å². The summed E-state index contributed by atoms with van der Waals surface area (Å²) in [5.41, 5.74) is 0. The highest BCUT2D eigenvalue weighted by Gasteiger charge is 2.37. The van der Waals surface area contributed by atoms with Crippen molar-refractivity contribution in [3.8, 4) is 0 Å². The molecule has 0 radical (unpaired) electrons. The van der Waals surface area contributed by atoms with Crippen LogP contribution in [-0.4, -0.2) is 46.9 Å². The largest absolute Gasteiger partial charge is 0.481 e. The summed E-state index contributed by atoms with van der Waals surface area (Å²) in [6.45, 7) is 5.93. The Morgan fingerprint density at radius 1 is 1.19 bits per heavy atom. The molecule has 0 aromatic heterocycles. The van der Waals surface area contributed by atoms with Crippen molar-refractivity contribution in [2.45, 2.75) is 52.5 Å². The van der Waals surface area contributed by atoms with E-state index in [1.54, 1.807) is 6.92 Å². The summed E-state index contributed by atoms with van der Waals surface area (Å²) in [7, 11) is 0. The van der Waals surface area contributed by atoms with Gasteiger partial charge in [-0.2, -0.15) is 0 Å². The number of carbonyl (C=O) groups is 3. The van der Waals surface area contributed by atoms with Crippen molar-refractivity contribution in [2.75, 3.05) is 13.1 Å². The molecule has 0 aliphatic heterocycles. The van der Waals surface area contributed by atoms with Crippen LogP contribution in [0.2, 0.25) is 0 Å². The van der Waals surface area contributed by atoms with E-state index < -0.39 is 17.8 Å². The molecular weight excluding hydrogens is 272 g/mol. The van der Waals surface area contributed by atoms with Crippen LogP contribution < -0.4 is 5.32 Å². The van der Waals surface area contributed by atoms with Gasteiger partial charge in [-0.05, 0) is 33.6 Å². The SMILES string of the molecule is CCN(CC(=O)NC(C)C)C(=O)C1CCCCC1C(=O)O. The summed E-state index contributed by atoms with van der Waals surface area (Å²) < 4.78 is 0. The second-order valence-corrected chi connectivity index (χ2v) is 5.91. The Morgan fingerprint density at radius 2 is 1.76 bits per heavy atom. The summed E-state index contributed by atoms with van der Waals surface area (Å²) in [6.07, 6.45) is 2.86. The maximum Gasteiger partial charge on any atom is 0.307 e. The van der Waals surface area contributed by atoms with Crippen molar-refractivity contribution in [3.05, 3.63) is 0 Å². The molecule has 1 aliphatic carbocycles. The molecule has 0 spiro atoms. The van der Waals surface area contributed by atoms with E-state index in [2.05, 4.69) is 5.32 Å². The molecule has 1 fully saturated rings. The molecule has 0 aromatic carbocycles. The fourth-order valence-corrected chi connectivity index (χ4v) is 2.84. The third-order valence-electron chi connectivity index (χ3n) is 3.88. The second-order valence-electron chi connectivity index (χ2n) is 5.91. The van der Waals surface area contributed by atoms with Gasteiger partial charge in [-0.3, -0.25) is 14.4 Å². The molecule has 21 heavy (non-hydrogen) atoms. The van der Waals surface area contributed by atoms with Gasteiger partial charge in [0.25, 0.3) is 0 Å². The molecule has 0 aromatic rings. The van der Waals surface area contributed by atoms with Crippen LogP contribution in [0.5, 0.6) is 0 Å². The highest BCUT2D eigenvalue weighted by molar-refractivity contribution is 5.88. The number of amides is 2. The minimum atomic E-state index is -0.907. The number of rotatable bonds is 6. The number of carboxylic acid groups (broad SMARTS) is 1. The lowest BCUT2D eigenvalue weighted by Crippen LogP contribution is -2.47. The first-order valence-electron chi connectivity index (χ1n) is 7.67. The van der Waals surface area contributed by atoms with E-state index in [0.717, 1.165) is 12.8 Å². The fourth-order valence-electron chi connectivity index (χ4n) is 2.84. The first-order valence-corrected chi connectivity index (χ1v) is 7.67. The Bertz CT molecular complexity index is 395. The van der Waals surface area contributed by atoms with Crippen LogP contribution in [0.15, 0.2) is 0 Å². The van der Waals surface area contributed by atoms with Gasteiger partial charge in [0, 0.05) is 12.6 Å². The predicted octanol–water partition coefficient (Wildman–Crippen LogP) is 1.25. The van der Waals surface area contributed by atoms with Crippen molar-refractivity contribution < 1.29 is 19.5 Å². The molecule has 120 valence electrons. The first kappa shape index (κ1) is 17.5. The number of hydrogen-bond acceptors (Lipinski definition) is 3. The van der Waals surface area contributed by atoms with Gasteiger partial charge in [0.2, 0.25) is 11.8 Å².